The highest BCUT2D eigenvalue weighted by Gasteiger charge is 2.30. The molecule has 1 heterocycles. The molecule has 2 amide bonds. The Kier molecular flexibility index (Phi) is 4.61. The van der Waals surface area contributed by atoms with Crippen molar-refractivity contribution >= 4 is 12.0 Å². The molecule has 5 nitrogen and oxygen atoms in total. The van der Waals surface area contributed by atoms with Gasteiger partial charge in [0.1, 0.15) is 6.04 Å². The first kappa shape index (κ1) is 14.4. The lowest BCUT2D eigenvalue weighted by Gasteiger charge is -2.29. The summed E-state index contributed by atoms with van der Waals surface area (Å²) in [4.78, 5) is 26.7. The Morgan fingerprint density at radius 1 is 1.25 bits per heavy atom. The summed E-state index contributed by atoms with van der Waals surface area (Å²) in [6.45, 7) is 3.37. The number of benzene rings is 1. The number of rotatable bonds is 4. The Labute approximate surface area is 118 Å². The first-order valence-electron chi connectivity index (χ1n) is 6.92. The van der Waals surface area contributed by atoms with E-state index in [0.717, 1.165) is 31.5 Å². The molecule has 0 aliphatic carbocycles. The van der Waals surface area contributed by atoms with Crippen molar-refractivity contribution in [2.75, 3.05) is 13.1 Å². The zero-order valence-electron chi connectivity index (χ0n) is 11.7. The number of hydrogen-bond acceptors (Lipinski definition) is 2. The van der Waals surface area contributed by atoms with E-state index in [-0.39, 0.29) is 12.5 Å². The lowest BCUT2D eigenvalue weighted by Crippen LogP contribution is -2.48. The Balaban J connectivity index is 2.07. The summed E-state index contributed by atoms with van der Waals surface area (Å²) in [5.74, 6) is -0.0965. The van der Waals surface area contributed by atoms with Gasteiger partial charge in [-0.2, -0.15) is 0 Å². The van der Waals surface area contributed by atoms with Gasteiger partial charge in [0.25, 0.3) is 0 Å². The molecule has 108 valence electrons. The zero-order chi connectivity index (χ0) is 14.5. The Hall–Kier alpha value is -2.04. The fourth-order valence-electron chi connectivity index (χ4n) is 2.49. The van der Waals surface area contributed by atoms with E-state index < -0.39 is 12.1 Å². The Bertz CT molecular complexity index is 469. The second kappa shape index (κ2) is 6.41. The average molecular weight is 276 g/mol. The Morgan fingerprint density at radius 3 is 2.40 bits per heavy atom. The molecule has 1 aromatic rings. The van der Waals surface area contributed by atoms with Gasteiger partial charge in [-0.05, 0) is 25.3 Å². The summed E-state index contributed by atoms with van der Waals surface area (Å²) in [6, 6.07) is 8.69. The highest BCUT2D eigenvalue weighted by Crippen LogP contribution is 2.14. The number of carboxylic acid groups (broad SMARTS) is 1. The number of likely N-dealkylation sites (tertiary alicyclic amines) is 1. The van der Waals surface area contributed by atoms with Crippen molar-refractivity contribution in [1.29, 1.82) is 0 Å². The van der Waals surface area contributed by atoms with Gasteiger partial charge in [-0.15, -0.1) is 0 Å². The third kappa shape index (κ3) is 3.29. The van der Waals surface area contributed by atoms with Crippen LogP contribution in [0.3, 0.4) is 0 Å². The predicted molar refractivity (Wildman–Crippen MR) is 75.3 cm³/mol. The third-order valence-electron chi connectivity index (χ3n) is 3.68. The molecule has 0 bridgehead atoms. The maximum Gasteiger partial charge on any atom is 0.408 e. The van der Waals surface area contributed by atoms with E-state index >= 15 is 0 Å². The summed E-state index contributed by atoms with van der Waals surface area (Å²) >= 11 is 0. The van der Waals surface area contributed by atoms with Crippen LogP contribution in [0.5, 0.6) is 0 Å². The molecule has 20 heavy (non-hydrogen) atoms. The van der Waals surface area contributed by atoms with Gasteiger partial charge in [0.15, 0.2) is 0 Å². The molecule has 0 radical (unpaired) electrons. The molecule has 0 unspecified atom stereocenters. The fourth-order valence-corrected chi connectivity index (χ4v) is 2.49. The van der Waals surface area contributed by atoms with Crippen molar-refractivity contribution < 1.29 is 14.7 Å². The topological polar surface area (TPSA) is 60.9 Å². The molecule has 1 saturated heterocycles. The largest absolute Gasteiger partial charge is 0.465 e. The van der Waals surface area contributed by atoms with Crippen LogP contribution in [-0.4, -0.2) is 46.0 Å². The van der Waals surface area contributed by atoms with E-state index in [1.54, 1.807) is 11.8 Å². The van der Waals surface area contributed by atoms with E-state index in [4.69, 9.17) is 0 Å². The second-order valence-corrected chi connectivity index (χ2v) is 5.10. The Morgan fingerprint density at radius 2 is 1.85 bits per heavy atom. The average Bonchev–Trinajstić information content (AvgIpc) is 2.98. The number of nitrogens with zero attached hydrogens (tertiary/aromatic N) is 2. The zero-order valence-corrected chi connectivity index (χ0v) is 11.7. The number of amides is 2. The molecule has 0 saturated carbocycles. The highest BCUT2D eigenvalue weighted by molar-refractivity contribution is 5.85. The van der Waals surface area contributed by atoms with E-state index in [1.165, 1.54) is 4.90 Å². The lowest BCUT2D eigenvalue weighted by molar-refractivity contribution is -0.134. The van der Waals surface area contributed by atoms with Crippen molar-refractivity contribution in [3.63, 3.8) is 0 Å². The van der Waals surface area contributed by atoms with Crippen LogP contribution in [0.2, 0.25) is 0 Å². The summed E-state index contributed by atoms with van der Waals surface area (Å²) in [5, 5.41) is 9.35. The molecule has 0 spiro atoms. The summed E-state index contributed by atoms with van der Waals surface area (Å²) in [7, 11) is 0. The van der Waals surface area contributed by atoms with E-state index in [9.17, 15) is 14.7 Å². The van der Waals surface area contributed by atoms with E-state index in [2.05, 4.69) is 0 Å². The number of carbonyl (C=O) groups is 2. The van der Waals surface area contributed by atoms with Crippen LogP contribution < -0.4 is 0 Å². The SMILES string of the molecule is C[C@H](C(=O)N1CCCC1)N(Cc1ccccc1)C(=O)O. The molecule has 1 aliphatic rings. The summed E-state index contributed by atoms with van der Waals surface area (Å²) in [6.07, 6.45) is 0.947. The molecular formula is C15H20N2O3. The minimum Gasteiger partial charge on any atom is -0.465 e. The normalized spacial score (nSPS) is 15.9. The van der Waals surface area contributed by atoms with Crippen molar-refractivity contribution in [3.05, 3.63) is 35.9 Å². The van der Waals surface area contributed by atoms with Crippen molar-refractivity contribution in [3.8, 4) is 0 Å². The predicted octanol–water partition coefficient (Wildman–Crippen LogP) is 2.18. The summed E-state index contributed by atoms with van der Waals surface area (Å²) in [5.41, 5.74) is 0.885. The van der Waals surface area contributed by atoms with Crippen LogP contribution in [0.4, 0.5) is 4.79 Å². The molecule has 1 aliphatic heterocycles. The van der Waals surface area contributed by atoms with Crippen LogP contribution in [0.1, 0.15) is 25.3 Å². The molecule has 5 heteroatoms. The second-order valence-electron chi connectivity index (χ2n) is 5.10. The standard InChI is InChI=1S/C15H20N2O3/c1-12(14(18)16-9-5-6-10-16)17(15(19)20)11-13-7-3-2-4-8-13/h2-4,7-8,12H,5-6,9-11H2,1H3,(H,19,20)/t12-/m1/s1. The van der Waals surface area contributed by atoms with Gasteiger partial charge in [0.05, 0.1) is 0 Å². The van der Waals surface area contributed by atoms with Gasteiger partial charge in [-0.1, -0.05) is 30.3 Å². The molecular weight excluding hydrogens is 256 g/mol. The minimum absolute atomic E-state index is 0.0965. The van der Waals surface area contributed by atoms with Crippen molar-refractivity contribution in [1.82, 2.24) is 9.80 Å². The van der Waals surface area contributed by atoms with Crippen LogP contribution in [0, 0.1) is 0 Å². The fraction of sp³-hybridized carbons (Fsp3) is 0.467. The van der Waals surface area contributed by atoms with E-state index in [0.29, 0.717) is 0 Å². The third-order valence-corrected chi connectivity index (χ3v) is 3.68. The van der Waals surface area contributed by atoms with Crippen molar-refractivity contribution in [2.45, 2.75) is 32.4 Å². The van der Waals surface area contributed by atoms with Gasteiger partial charge in [0.2, 0.25) is 5.91 Å². The van der Waals surface area contributed by atoms with Crippen LogP contribution in [0.25, 0.3) is 0 Å². The number of hydrogen-bond donors (Lipinski definition) is 1. The van der Waals surface area contributed by atoms with Gasteiger partial charge >= 0.3 is 6.09 Å². The molecule has 1 aromatic carbocycles. The van der Waals surface area contributed by atoms with Gasteiger partial charge in [0, 0.05) is 19.6 Å². The molecule has 1 N–H and O–H groups in total. The first-order valence-corrected chi connectivity index (χ1v) is 6.92. The maximum atomic E-state index is 12.3. The van der Waals surface area contributed by atoms with Gasteiger partial charge < -0.3 is 10.0 Å². The smallest absolute Gasteiger partial charge is 0.408 e. The molecule has 1 fully saturated rings. The molecule has 1 atom stereocenters. The van der Waals surface area contributed by atoms with Crippen LogP contribution >= 0.6 is 0 Å². The van der Waals surface area contributed by atoms with Gasteiger partial charge in [-0.25, -0.2) is 4.79 Å². The maximum absolute atomic E-state index is 12.3. The van der Waals surface area contributed by atoms with Crippen molar-refractivity contribution in [2.24, 2.45) is 0 Å². The van der Waals surface area contributed by atoms with Gasteiger partial charge in [-0.3, -0.25) is 9.69 Å². The van der Waals surface area contributed by atoms with Crippen LogP contribution in [0.15, 0.2) is 30.3 Å². The van der Waals surface area contributed by atoms with E-state index in [1.807, 2.05) is 30.3 Å². The number of carbonyl (C=O) groups excluding carboxylic acids is 1. The summed E-state index contributed by atoms with van der Waals surface area (Å²) < 4.78 is 0. The minimum atomic E-state index is -1.06. The molecule has 2 rings (SSSR count). The monoisotopic (exact) mass is 276 g/mol. The highest BCUT2D eigenvalue weighted by atomic mass is 16.4. The molecule has 0 aromatic heterocycles. The lowest BCUT2D eigenvalue weighted by atomic mass is 10.2. The first-order chi connectivity index (χ1) is 9.59. The van der Waals surface area contributed by atoms with Crippen LogP contribution in [-0.2, 0) is 11.3 Å². The quantitative estimate of drug-likeness (QED) is 0.917.